The van der Waals surface area contributed by atoms with Crippen LogP contribution in [0.1, 0.15) is 5.56 Å². The predicted octanol–water partition coefficient (Wildman–Crippen LogP) is 2.00. The first-order valence-electron chi connectivity index (χ1n) is 6.34. The van der Waals surface area contributed by atoms with E-state index in [9.17, 15) is 10.1 Å². The lowest BCUT2D eigenvalue weighted by Gasteiger charge is -2.33. The lowest BCUT2D eigenvalue weighted by Crippen LogP contribution is -2.45. The Morgan fingerprint density at radius 1 is 1.30 bits per heavy atom. The van der Waals surface area contributed by atoms with E-state index in [4.69, 9.17) is 5.26 Å². The van der Waals surface area contributed by atoms with Crippen LogP contribution >= 0.6 is 15.9 Å². The van der Waals surface area contributed by atoms with E-state index in [2.05, 4.69) is 31.8 Å². The van der Waals surface area contributed by atoms with Gasteiger partial charge in [-0.15, -0.1) is 0 Å². The molecule has 1 saturated heterocycles. The molecule has 1 aromatic rings. The van der Waals surface area contributed by atoms with E-state index in [1.54, 1.807) is 12.1 Å². The van der Waals surface area contributed by atoms with Crippen molar-refractivity contribution in [3.8, 4) is 6.07 Å². The minimum atomic E-state index is -0.341. The lowest BCUT2D eigenvalue weighted by atomic mass is 10.1. The van der Waals surface area contributed by atoms with Gasteiger partial charge in [-0.3, -0.25) is 19.9 Å². The second-order valence-electron chi connectivity index (χ2n) is 4.74. The van der Waals surface area contributed by atoms with Crippen LogP contribution in [0.15, 0.2) is 22.7 Å². The van der Waals surface area contributed by atoms with Crippen molar-refractivity contribution in [3.05, 3.63) is 38.3 Å². The largest absolute Gasteiger partial charge is 0.296 e. The van der Waals surface area contributed by atoms with Crippen LogP contribution in [0, 0.1) is 21.4 Å². The number of hydrogen-bond acceptors (Lipinski definition) is 5. The highest BCUT2D eigenvalue weighted by atomic mass is 79.9. The molecule has 0 N–H and O–H groups in total. The minimum Gasteiger partial charge on any atom is -0.296 e. The van der Waals surface area contributed by atoms with Crippen LogP contribution in [0.25, 0.3) is 0 Å². The number of nitro groups is 1. The van der Waals surface area contributed by atoms with Crippen LogP contribution in [0.4, 0.5) is 5.69 Å². The molecule has 1 fully saturated rings. The highest BCUT2D eigenvalue weighted by molar-refractivity contribution is 9.10. The molecule has 106 valence electrons. The molecule has 0 atom stereocenters. The molecule has 0 amide bonds. The summed E-state index contributed by atoms with van der Waals surface area (Å²) in [6, 6.07) is 7.31. The Balaban J connectivity index is 2.01. The molecule has 1 heterocycles. The molecule has 1 aliphatic heterocycles. The van der Waals surface area contributed by atoms with Crippen LogP contribution in [0.3, 0.4) is 0 Å². The number of piperazine rings is 1. The van der Waals surface area contributed by atoms with Crippen LogP contribution in [-0.4, -0.2) is 47.4 Å². The first-order chi connectivity index (χ1) is 9.60. The summed E-state index contributed by atoms with van der Waals surface area (Å²) in [7, 11) is 0. The first kappa shape index (κ1) is 14.9. The van der Waals surface area contributed by atoms with Crippen molar-refractivity contribution in [2.45, 2.75) is 6.54 Å². The molecule has 2 rings (SSSR count). The van der Waals surface area contributed by atoms with Crippen molar-refractivity contribution in [3.63, 3.8) is 0 Å². The van der Waals surface area contributed by atoms with Crippen LogP contribution in [0.2, 0.25) is 0 Å². The standard InChI is InChI=1S/C13H15BrN4O2/c14-12-2-1-11(13(9-12)18(19)20)10-17-7-5-16(4-3-15)6-8-17/h1-2,9H,4-8,10H2. The lowest BCUT2D eigenvalue weighted by molar-refractivity contribution is -0.385. The van der Waals surface area contributed by atoms with E-state index in [1.807, 2.05) is 6.07 Å². The number of halogens is 1. The van der Waals surface area contributed by atoms with E-state index in [0.717, 1.165) is 31.7 Å². The molecule has 0 aliphatic carbocycles. The average Bonchev–Trinajstić information content (AvgIpc) is 2.43. The van der Waals surface area contributed by atoms with E-state index in [-0.39, 0.29) is 10.6 Å². The summed E-state index contributed by atoms with van der Waals surface area (Å²) in [6.45, 7) is 4.34. The van der Waals surface area contributed by atoms with Gasteiger partial charge < -0.3 is 0 Å². The Bertz CT molecular complexity index is 536. The van der Waals surface area contributed by atoms with Crippen molar-refractivity contribution >= 4 is 21.6 Å². The third kappa shape index (κ3) is 3.76. The third-order valence-electron chi connectivity index (χ3n) is 3.40. The van der Waals surface area contributed by atoms with E-state index < -0.39 is 0 Å². The predicted molar refractivity (Wildman–Crippen MR) is 78.1 cm³/mol. The molecule has 0 spiro atoms. The SMILES string of the molecule is N#CCN1CCN(Cc2ccc(Br)cc2[N+](=O)[O-])CC1. The third-order valence-corrected chi connectivity index (χ3v) is 3.89. The fraction of sp³-hybridized carbons (Fsp3) is 0.462. The molecular weight excluding hydrogens is 324 g/mol. The Labute approximate surface area is 125 Å². The summed E-state index contributed by atoms with van der Waals surface area (Å²) in [5, 5.41) is 19.7. The van der Waals surface area contributed by atoms with Gasteiger partial charge in [0.25, 0.3) is 5.69 Å². The van der Waals surface area contributed by atoms with Gasteiger partial charge in [0.2, 0.25) is 0 Å². The van der Waals surface area contributed by atoms with Gasteiger partial charge >= 0.3 is 0 Å². The first-order valence-corrected chi connectivity index (χ1v) is 7.14. The maximum Gasteiger partial charge on any atom is 0.275 e. The fourth-order valence-corrected chi connectivity index (χ4v) is 2.64. The van der Waals surface area contributed by atoms with E-state index >= 15 is 0 Å². The molecule has 7 heteroatoms. The molecule has 0 radical (unpaired) electrons. The molecule has 0 aromatic heterocycles. The topological polar surface area (TPSA) is 73.4 Å². The van der Waals surface area contributed by atoms with Crippen molar-refractivity contribution in [1.82, 2.24) is 9.80 Å². The maximum atomic E-state index is 11.1. The quantitative estimate of drug-likeness (QED) is 0.477. The van der Waals surface area contributed by atoms with Gasteiger partial charge in [0.1, 0.15) is 0 Å². The van der Waals surface area contributed by atoms with Crippen LogP contribution < -0.4 is 0 Å². The highest BCUT2D eigenvalue weighted by Crippen LogP contribution is 2.25. The molecular formula is C13H15BrN4O2. The van der Waals surface area contributed by atoms with Gasteiger partial charge in [-0.05, 0) is 12.1 Å². The van der Waals surface area contributed by atoms with Crippen molar-refractivity contribution < 1.29 is 4.92 Å². The van der Waals surface area contributed by atoms with Gasteiger partial charge in [0.15, 0.2) is 0 Å². The second kappa shape index (κ2) is 6.79. The molecule has 6 nitrogen and oxygen atoms in total. The monoisotopic (exact) mass is 338 g/mol. The molecule has 0 saturated carbocycles. The van der Waals surface area contributed by atoms with Crippen molar-refractivity contribution in [2.24, 2.45) is 0 Å². The molecule has 1 aromatic carbocycles. The minimum absolute atomic E-state index is 0.152. The molecule has 20 heavy (non-hydrogen) atoms. The molecule has 0 bridgehead atoms. The smallest absolute Gasteiger partial charge is 0.275 e. The summed E-state index contributed by atoms with van der Waals surface area (Å²) in [5.41, 5.74) is 0.880. The van der Waals surface area contributed by atoms with Gasteiger partial charge in [-0.1, -0.05) is 15.9 Å². The average molecular weight is 339 g/mol. The van der Waals surface area contributed by atoms with Crippen LogP contribution in [0.5, 0.6) is 0 Å². The van der Waals surface area contributed by atoms with Crippen molar-refractivity contribution in [1.29, 1.82) is 5.26 Å². The maximum absolute atomic E-state index is 11.1. The number of nitrogens with zero attached hydrogens (tertiary/aromatic N) is 4. The zero-order valence-corrected chi connectivity index (χ0v) is 12.5. The Morgan fingerprint density at radius 2 is 1.95 bits per heavy atom. The summed E-state index contributed by atoms with van der Waals surface area (Å²) < 4.78 is 0.715. The summed E-state index contributed by atoms with van der Waals surface area (Å²) in [5.74, 6) is 0. The number of hydrogen-bond donors (Lipinski definition) is 0. The molecule has 0 unspecified atom stereocenters. The van der Waals surface area contributed by atoms with Gasteiger partial charge in [-0.25, -0.2) is 0 Å². The normalized spacial score (nSPS) is 16.8. The van der Waals surface area contributed by atoms with Crippen molar-refractivity contribution in [2.75, 3.05) is 32.7 Å². The zero-order chi connectivity index (χ0) is 14.5. The van der Waals surface area contributed by atoms with Crippen LogP contribution in [-0.2, 0) is 6.54 Å². The van der Waals surface area contributed by atoms with Gasteiger partial charge in [-0.2, -0.15) is 5.26 Å². The summed E-state index contributed by atoms with van der Waals surface area (Å²) in [6.07, 6.45) is 0. The van der Waals surface area contributed by atoms with Gasteiger partial charge in [0, 0.05) is 48.8 Å². The van der Waals surface area contributed by atoms with Gasteiger partial charge in [0.05, 0.1) is 17.5 Å². The highest BCUT2D eigenvalue weighted by Gasteiger charge is 2.20. The number of benzene rings is 1. The van der Waals surface area contributed by atoms with E-state index in [0.29, 0.717) is 17.6 Å². The zero-order valence-electron chi connectivity index (χ0n) is 11.0. The summed E-state index contributed by atoms with van der Waals surface area (Å²) >= 11 is 3.26. The Morgan fingerprint density at radius 3 is 2.55 bits per heavy atom. The number of nitriles is 1. The Hall–Kier alpha value is -1.49. The molecule has 1 aliphatic rings. The number of nitro benzene ring substituents is 1. The van der Waals surface area contributed by atoms with E-state index in [1.165, 1.54) is 0 Å². The Kier molecular flexibility index (Phi) is 5.06. The number of rotatable bonds is 4. The summed E-state index contributed by atoms with van der Waals surface area (Å²) in [4.78, 5) is 15.0. The second-order valence-corrected chi connectivity index (χ2v) is 5.66. The fourth-order valence-electron chi connectivity index (χ4n) is 2.29.